The first-order valence-corrected chi connectivity index (χ1v) is 5.24. The third-order valence-electron chi connectivity index (χ3n) is 2.78. The summed E-state index contributed by atoms with van der Waals surface area (Å²) in [6, 6.07) is 9.45. The molecule has 3 aromatic rings. The molecule has 4 nitrogen and oxygen atoms in total. The summed E-state index contributed by atoms with van der Waals surface area (Å²) in [5.41, 5.74) is 1.23. The van der Waals surface area contributed by atoms with Crippen molar-refractivity contribution in [2.45, 2.75) is 0 Å². The summed E-state index contributed by atoms with van der Waals surface area (Å²) in [4.78, 5) is 18.8. The fourth-order valence-corrected chi connectivity index (χ4v) is 1.94. The molecule has 2 heterocycles. The number of hydrogen-bond donors (Lipinski definition) is 1. The predicted octanol–water partition coefficient (Wildman–Crippen LogP) is 2.08. The van der Waals surface area contributed by atoms with Gasteiger partial charge in [-0.1, -0.05) is 24.3 Å². The summed E-state index contributed by atoms with van der Waals surface area (Å²) in [6.45, 7) is 0. The van der Waals surface area contributed by atoms with Crippen LogP contribution in [0.3, 0.4) is 0 Å². The number of H-pyrrole nitrogens is 1. The quantitative estimate of drug-likeness (QED) is 0.646. The number of ether oxygens (including phenoxy) is 1. The van der Waals surface area contributed by atoms with Crippen molar-refractivity contribution in [2.75, 3.05) is 7.11 Å². The van der Waals surface area contributed by atoms with Crippen molar-refractivity contribution >= 4 is 21.8 Å². The van der Waals surface area contributed by atoms with Crippen molar-refractivity contribution in [3.05, 3.63) is 46.9 Å². The largest absolute Gasteiger partial charge is 0.491 e. The number of nitrogens with one attached hydrogen (secondary N) is 1. The Labute approximate surface area is 96.9 Å². The topological polar surface area (TPSA) is 55.0 Å². The Hall–Kier alpha value is -2.36. The Morgan fingerprint density at radius 2 is 2.12 bits per heavy atom. The lowest BCUT2D eigenvalue weighted by atomic mass is 10.1. The van der Waals surface area contributed by atoms with E-state index in [-0.39, 0.29) is 11.3 Å². The fraction of sp³-hybridized carbons (Fsp3) is 0.0769. The lowest BCUT2D eigenvalue weighted by Gasteiger charge is -2.04. The second kappa shape index (κ2) is 3.59. The molecular weight excluding hydrogens is 216 g/mol. The molecule has 0 atom stereocenters. The summed E-state index contributed by atoms with van der Waals surface area (Å²) >= 11 is 0. The van der Waals surface area contributed by atoms with E-state index in [1.165, 1.54) is 7.11 Å². The van der Waals surface area contributed by atoms with Crippen molar-refractivity contribution in [1.29, 1.82) is 0 Å². The van der Waals surface area contributed by atoms with Gasteiger partial charge in [-0.05, 0) is 0 Å². The number of aromatic nitrogens is 2. The molecule has 1 N–H and O–H groups in total. The monoisotopic (exact) mass is 226 g/mol. The molecule has 1 aromatic carbocycles. The Bertz CT molecular complexity index is 762. The highest BCUT2D eigenvalue weighted by atomic mass is 16.5. The summed E-state index contributed by atoms with van der Waals surface area (Å²) in [6.07, 6.45) is 1.79. The summed E-state index contributed by atoms with van der Waals surface area (Å²) in [5, 5.41) is 1.98. The average molecular weight is 226 g/mol. The van der Waals surface area contributed by atoms with Crippen LogP contribution in [0, 0.1) is 0 Å². The van der Waals surface area contributed by atoms with E-state index in [2.05, 4.69) is 9.97 Å². The zero-order valence-corrected chi connectivity index (χ0v) is 9.23. The van der Waals surface area contributed by atoms with Crippen LogP contribution in [0.4, 0.5) is 0 Å². The molecule has 0 bridgehead atoms. The predicted molar refractivity (Wildman–Crippen MR) is 66.4 cm³/mol. The molecule has 2 aromatic heterocycles. The van der Waals surface area contributed by atoms with Gasteiger partial charge in [0.2, 0.25) is 0 Å². The molecule has 0 aliphatic carbocycles. The fourth-order valence-electron chi connectivity index (χ4n) is 1.94. The molecule has 0 amide bonds. The Morgan fingerprint density at radius 1 is 1.29 bits per heavy atom. The summed E-state index contributed by atoms with van der Waals surface area (Å²) in [7, 11) is 1.47. The van der Waals surface area contributed by atoms with Crippen molar-refractivity contribution in [3.63, 3.8) is 0 Å². The van der Waals surface area contributed by atoms with E-state index in [1.54, 1.807) is 12.3 Å². The molecule has 4 heteroatoms. The molecule has 0 saturated heterocycles. The smallest absolute Gasteiger partial charge is 0.290 e. The Morgan fingerprint density at radius 3 is 2.94 bits per heavy atom. The van der Waals surface area contributed by atoms with Crippen LogP contribution in [0.15, 0.2) is 41.3 Å². The van der Waals surface area contributed by atoms with Gasteiger partial charge >= 0.3 is 0 Å². The van der Waals surface area contributed by atoms with E-state index in [0.717, 1.165) is 21.8 Å². The maximum Gasteiger partial charge on any atom is 0.290 e. The first-order valence-electron chi connectivity index (χ1n) is 5.24. The van der Waals surface area contributed by atoms with Gasteiger partial charge in [-0.2, -0.15) is 0 Å². The highest BCUT2D eigenvalue weighted by Crippen LogP contribution is 2.21. The lowest BCUT2D eigenvalue weighted by molar-refractivity contribution is 0.409. The lowest BCUT2D eigenvalue weighted by Crippen LogP contribution is -2.09. The normalized spacial score (nSPS) is 10.9. The first-order chi connectivity index (χ1) is 8.29. The van der Waals surface area contributed by atoms with E-state index in [4.69, 9.17) is 4.74 Å². The van der Waals surface area contributed by atoms with Crippen LogP contribution < -0.4 is 10.3 Å². The van der Waals surface area contributed by atoms with E-state index in [0.29, 0.717) is 0 Å². The summed E-state index contributed by atoms with van der Waals surface area (Å²) in [5.74, 6) is 0.278. The van der Waals surface area contributed by atoms with Crippen molar-refractivity contribution < 1.29 is 4.74 Å². The SMILES string of the molecule is COc1cc2ncc3ccccc3c2[nH]c1=O. The third kappa shape index (κ3) is 1.45. The van der Waals surface area contributed by atoms with Gasteiger partial charge in [0.25, 0.3) is 5.56 Å². The highest BCUT2D eigenvalue weighted by Gasteiger charge is 2.06. The molecule has 0 saturated carbocycles. The minimum Gasteiger partial charge on any atom is -0.491 e. The van der Waals surface area contributed by atoms with Crippen molar-refractivity contribution in [3.8, 4) is 5.75 Å². The molecule has 17 heavy (non-hydrogen) atoms. The molecule has 0 unspecified atom stereocenters. The molecule has 0 radical (unpaired) electrons. The highest BCUT2D eigenvalue weighted by molar-refractivity contribution is 6.02. The van der Waals surface area contributed by atoms with Gasteiger partial charge in [0.05, 0.1) is 18.1 Å². The van der Waals surface area contributed by atoms with E-state index >= 15 is 0 Å². The Kier molecular flexibility index (Phi) is 2.08. The van der Waals surface area contributed by atoms with Gasteiger partial charge in [-0.3, -0.25) is 9.78 Å². The molecule has 3 rings (SSSR count). The zero-order chi connectivity index (χ0) is 11.8. The van der Waals surface area contributed by atoms with Crippen molar-refractivity contribution in [1.82, 2.24) is 9.97 Å². The standard InChI is InChI=1S/C13H10N2O2/c1-17-11-6-10-12(15-13(11)16)9-5-3-2-4-8(9)7-14-10/h2-7H,1H3,(H,15,16). The van der Waals surface area contributed by atoms with Gasteiger partial charge in [-0.25, -0.2) is 0 Å². The molecule has 84 valence electrons. The number of rotatable bonds is 1. The number of methoxy groups -OCH3 is 1. The second-order valence-corrected chi connectivity index (χ2v) is 3.77. The van der Waals surface area contributed by atoms with Gasteiger partial charge in [-0.15, -0.1) is 0 Å². The van der Waals surface area contributed by atoms with E-state index in [9.17, 15) is 4.79 Å². The zero-order valence-electron chi connectivity index (χ0n) is 9.23. The molecule has 0 aliphatic heterocycles. The van der Waals surface area contributed by atoms with Gasteiger partial charge in [0.1, 0.15) is 0 Å². The first kappa shape index (κ1) is 9.84. The average Bonchev–Trinajstić information content (AvgIpc) is 2.38. The van der Waals surface area contributed by atoms with Crippen LogP contribution in [0.1, 0.15) is 0 Å². The maximum absolute atomic E-state index is 11.7. The number of benzene rings is 1. The van der Waals surface area contributed by atoms with E-state index in [1.807, 2.05) is 24.3 Å². The minimum atomic E-state index is -0.238. The van der Waals surface area contributed by atoms with E-state index < -0.39 is 0 Å². The van der Waals surface area contributed by atoms with Crippen molar-refractivity contribution in [2.24, 2.45) is 0 Å². The number of hydrogen-bond acceptors (Lipinski definition) is 3. The van der Waals surface area contributed by atoms with Crippen LogP contribution in [0.2, 0.25) is 0 Å². The van der Waals surface area contributed by atoms with Crippen LogP contribution in [0.5, 0.6) is 5.75 Å². The minimum absolute atomic E-state index is 0.238. The molecule has 0 aliphatic rings. The van der Waals surface area contributed by atoms with Gasteiger partial charge in [0, 0.05) is 23.0 Å². The Balaban J connectivity index is 2.51. The molecular formula is C13H10N2O2. The number of pyridine rings is 2. The second-order valence-electron chi connectivity index (χ2n) is 3.77. The number of aromatic amines is 1. The molecule has 0 fully saturated rings. The number of nitrogens with zero attached hydrogens (tertiary/aromatic N) is 1. The molecule has 0 spiro atoms. The van der Waals surface area contributed by atoms with Gasteiger partial charge in [0.15, 0.2) is 5.75 Å². The number of fused-ring (bicyclic) bond motifs is 3. The maximum atomic E-state index is 11.7. The van der Waals surface area contributed by atoms with Crippen LogP contribution in [0.25, 0.3) is 21.8 Å². The van der Waals surface area contributed by atoms with Crippen LogP contribution in [-0.4, -0.2) is 17.1 Å². The van der Waals surface area contributed by atoms with Crippen LogP contribution >= 0.6 is 0 Å². The van der Waals surface area contributed by atoms with Crippen LogP contribution in [-0.2, 0) is 0 Å². The summed E-state index contributed by atoms with van der Waals surface area (Å²) < 4.78 is 4.98. The van der Waals surface area contributed by atoms with Gasteiger partial charge < -0.3 is 9.72 Å². The third-order valence-corrected chi connectivity index (χ3v) is 2.78.